The third-order valence-corrected chi connectivity index (χ3v) is 6.18. The van der Waals surface area contributed by atoms with Crippen molar-refractivity contribution in [3.63, 3.8) is 0 Å². The number of hydrogen-bond donors (Lipinski definition) is 0. The van der Waals surface area contributed by atoms with E-state index in [1.165, 1.54) is 11.8 Å². The Morgan fingerprint density at radius 1 is 1.21 bits per heavy atom. The Kier molecular flexibility index (Phi) is 7.48. The molecular formula is C8H18O4SSi. The van der Waals surface area contributed by atoms with Crippen LogP contribution in [0, 0.1) is 0 Å². The maximum Gasteiger partial charge on any atom is 0.511 e. The normalized spacial score (nSPS) is 11.7. The van der Waals surface area contributed by atoms with Gasteiger partial charge in [-0.15, -0.1) is 0 Å². The number of carbonyl (C=O) groups is 1. The summed E-state index contributed by atoms with van der Waals surface area (Å²) < 4.78 is 15.6. The molecule has 0 atom stereocenters. The average Bonchev–Trinajstić information content (AvgIpc) is 2.21. The Morgan fingerprint density at radius 3 is 2.07 bits per heavy atom. The maximum atomic E-state index is 11.3. The van der Waals surface area contributed by atoms with Crippen molar-refractivity contribution in [1.29, 1.82) is 0 Å². The van der Waals surface area contributed by atoms with Crippen LogP contribution in [-0.4, -0.2) is 40.6 Å². The molecule has 0 rings (SSSR count). The van der Waals surface area contributed by atoms with Crippen molar-refractivity contribution < 1.29 is 18.1 Å². The van der Waals surface area contributed by atoms with E-state index in [9.17, 15) is 4.79 Å². The lowest BCUT2D eigenvalue weighted by Gasteiger charge is -2.23. The molecule has 0 N–H and O–H groups in total. The first kappa shape index (κ1) is 14.1. The van der Waals surface area contributed by atoms with Crippen molar-refractivity contribution in [2.75, 3.05) is 26.7 Å². The molecule has 0 unspecified atom stereocenters. The van der Waals surface area contributed by atoms with Gasteiger partial charge in [-0.05, 0) is 6.42 Å². The molecule has 0 saturated carbocycles. The van der Waals surface area contributed by atoms with E-state index < -0.39 is 8.80 Å². The summed E-state index contributed by atoms with van der Waals surface area (Å²) >= 11 is 1.23. The minimum atomic E-state index is -2.57. The first-order chi connectivity index (χ1) is 6.64. The smallest absolute Gasteiger partial charge is 0.376 e. The van der Waals surface area contributed by atoms with Gasteiger partial charge in [0.1, 0.15) is 0 Å². The van der Waals surface area contributed by atoms with E-state index in [1.807, 2.05) is 6.92 Å². The van der Waals surface area contributed by atoms with Crippen LogP contribution in [0.5, 0.6) is 0 Å². The highest BCUT2D eigenvalue weighted by Crippen LogP contribution is 2.16. The summed E-state index contributed by atoms with van der Waals surface area (Å²) in [5.41, 5.74) is 0. The predicted octanol–water partition coefficient (Wildman–Crippen LogP) is 1.46. The lowest BCUT2D eigenvalue weighted by atomic mass is 10.4. The van der Waals surface area contributed by atoms with Crippen LogP contribution in [0.25, 0.3) is 0 Å². The van der Waals surface area contributed by atoms with Gasteiger partial charge in [-0.3, -0.25) is 4.79 Å². The van der Waals surface area contributed by atoms with Crippen molar-refractivity contribution in [3.05, 3.63) is 0 Å². The summed E-state index contributed by atoms with van der Waals surface area (Å²) in [6, 6.07) is 0. The molecular weight excluding hydrogens is 220 g/mol. The molecule has 0 aliphatic heterocycles. The fourth-order valence-corrected chi connectivity index (χ4v) is 4.49. The molecule has 6 heteroatoms. The molecule has 84 valence electrons. The van der Waals surface area contributed by atoms with Crippen LogP contribution in [0.1, 0.15) is 19.8 Å². The third-order valence-electron chi connectivity index (χ3n) is 1.80. The zero-order valence-electron chi connectivity index (χ0n) is 9.16. The molecule has 0 aromatic carbocycles. The van der Waals surface area contributed by atoms with E-state index in [1.54, 1.807) is 21.3 Å². The zero-order chi connectivity index (χ0) is 11.0. The molecule has 0 spiro atoms. The molecule has 14 heavy (non-hydrogen) atoms. The molecule has 4 nitrogen and oxygen atoms in total. The Hall–Kier alpha value is 0.117. The number of carbonyl (C=O) groups excluding carboxylic acids is 1. The first-order valence-electron chi connectivity index (χ1n) is 4.45. The van der Waals surface area contributed by atoms with E-state index in [2.05, 4.69) is 0 Å². The molecule has 0 bridgehead atoms. The van der Waals surface area contributed by atoms with Gasteiger partial charge in [-0.1, -0.05) is 18.7 Å². The lowest BCUT2D eigenvalue weighted by molar-refractivity contribution is -0.111. The fraction of sp³-hybridized carbons (Fsp3) is 0.875. The van der Waals surface area contributed by atoms with E-state index in [4.69, 9.17) is 13.3 Å². The van der Waals surface area contributed by atoms with Gasteiger partial charge in [-0.2, -0.15) is 0 Å². The van der Waals surface area contributed by atoms with Crippen LogP contribution in [0.3, 0.4) is 0 Å². The Balaban J connectivity index is 3.99. The molecule has 0 heterocycles. The van der Waals surface area contributed by atoms with Crippen molar-refractivity contribution in [1.82, 2.24) is 0 Å². The minimum absolute atomic E-state index is 0.163. The van der Waals surface area contributed by atoms with Gasteiger partial charge in [-0.25, -0.2) is 0 Å². The summed E-state index contributed by atoms with van der Waals surface area (Å²) in [4.78, 5) is 11.3. The topological polar surface area (TPSA) is 44.8 Å². The summed E-state index contributed by atoms with van der Waals surface area (Å²) in [6.45, 7) is 1.98. The number of rotatable bonds is 7. The molecule has 0 amide bonds. The van der Waals surface area contributed by atoms with E-state index >= 15 is 0 Å². The third kappa shape index (κ3) is 4.56. The van der Waals surface area contributed by atoms with Crippen LogP contribution in [0.4, 0.5) is 0 Å². The van der Waals surface area contributed by atoms with Gasteiger partial charge in [0, 0.05) is 27.8 Å². The largest absolute Gasteiger partial charge is 0.511 e. The Labute approximate surface area is 90.7 Å². The molecule has 0 saturated heterocycles. The van der Waals surface area contributed by atoms with E-state index in [0.29, 0.717) is 11.8 Å². The molecule has 0 aliphatic rings. The van der Waals surface area contributed by atoms with Crippen molar-refractivity contribution in [2.45, 2.75) is 19.8 Å². The monoisotopic (exact) mass is 238 g/mol. The highest BCUT2D eigenvalue weighted by Gasteiger charge is 2.38. The number of hydrogen-bond acceptors (Lipinski definition) is 5. The Bertz CT molecular complexity index is 164. The van der Waals surface area contributed by atoms with Crippen molar-refractivity contribution >= 4 is 25.7 Å². The summed E-state index contributed by atoms with van der Waals surface area (Å²) in [7, 11) is 2.07. The second-order valence-electron chi connectivity index (χ2n) is 2.71. The van der Waals surface area contributed by atoms with E-state index in [0.717, 1.165) is 6.42 Å². The fourth-order valence-electron chi connectivity index (χ4n) is 0.872. The van der Waals surface area contributed by atoms with Gasteiger partial charge in [0.15, 0.2) is 5.12 Å². The quantitative estimate of drug-likeness (QED) is 0.628. The lowest BCUT2D eigenvalue weighted by Crippen LogP contribution is -2.46. The van der Waals surface area contributed by atoms with Crippen LogP contribution in [0.15, 0.2) is 0 Å². The first-order valence-corrected chi connectivity index (χ1v) is 7.37. The van der Waals surface area contributed by atoms with Gasteiger partial charge >= 0.3 is 8.80 Å². The Morgan fingerprint density at radius 2 is 1.71 bits per heavy atom. The van der Waals surface area contributed by atoms with Gasteiger partial charge in [0.25, 0.3) is 0 Å². The van der Waals surface area contributed by atoms with E-state index in [-0.39, 0.29) is 5.12 Å². The SMILES string of the molecule is CCCC(=O)SC[Si](OC)(OC)OC. The molecule has 0 aliphatic carbocycles. The summed E-state index contributed by atoms with van der Waals surface area (Å²) in [6.07, 6.45) is 1.46. The second-order valence-corrected chi connectivity index (χ2v) is 7.20. The standard InChI is InChI=1S/C8H18O4SSi/c1-5-6-8(9)13-7-14(10-2,11-3)12-4/h5-7H2,1-4H3. The average molecular weight is 238 g/mol. The molecule has 0 fully saturated rings. The highest BCUT2D eigenvalue weighted by atomic mass is 32.2. The van der Waals surface area contributed by atoms with Crippen LogP contribution in [-0.2, 0) is 18.1 Å². The second kappa shape index (κ2) is 7.41. The van der Waals surface area contributed by atoms with Gasteiger partial charge in [0.2, 0.25) is 0 Å². The van der Waals surface area contributed by atoms with Gasteiger partial charge in [0.05, 0.1) is 5.38 Å². The molecule has 0 aromatic rings. The van der Waals surface area contributed by atoms with Crippen LogP contribution in [0.2, 0.25) is 0 Å². The van der Waals surface area contributed by atoms with Crippen molar-refractivity contribution in [2.24, 2.45) is 0 Å². The van der Waals surface area contributed by atoms with Gasteiger partial charge < -0.3 is 13.3 Å². The molecule has 0 aromatic heterocycles. The number of thioether (sulfide) groups is 1. The summed E-state index contributed by atoms with van der Waals surface area (Å²) in [5, 5.41) is 0.644. The highest BCUT2D eigenvalue weighted by molar-refractivity contribution is 8.14. The maximum absolute atomic E-state index is 11.3. The zero-order valence-corrected chi connectivity index (χ0v) is 11.0. The van der Waals surface area contributed by atoms with Crippen LogP contribution >= 0.6 is 11.8 Å². The van der Waals surface area contributed by atoms with Crippen molar-refractivity contribution in [3.8, 4) is 0 Å². The molecule has 0 radical (unpaired) electrons. The van der Waals surface area contributed by atoms with Crippen LogP contribution < -0.4 is 0 Å². The predicted molar refractivity (Wildman–Crippen MR) is 59.2 cm³/mol. The summed E-state index contributed by atoms with van der Waals surface area (Å²) in [5.74, 6) is 0. The minimum Gasteiger partial charge on any atom is -0.376 e.